The van der Waals surface area contributed by atoms with Gasteiger partial charge < -0.3 is 14.8 Å². The minimum atomic E-state index is -0.472. The summed E-state index contributed by atoms with van der Waals surface area (Å²) in [5.41, 5.74) is 0.340. The van der Waals surface area contributed by atoms with Gasteiger partial charge >= 0.3 is 0 Å². The van der Waals surface area contributed by atoms with Gasteiger partial charge in [0.15, 0.2) is 0 Å². The third-order valence-electron chi connectivity index (χ3n) is 3.56. The Balaban J connectivity index is 2.24. The van der Waals surface area contributed by atoms with E-state index in [4.69, 9.17) is 0 Å². The number of rotatable bonds is 4. The molecule has 7 nitrogen and oxygen atoms in total. The van der Waals surface area contributed by atoms with Crippen molar-refractivity contribution in [3.05, 3.63) is 28.1 Å². The van der Waals surface area contributed by atoms with Gasteiger partial charge in [-0.1, -0.05) is 0 Å². The molecule has 2 rings (SSSR count). The number of likely N-dealkylation sites (N-methyl/N-ethyl adjacent to an activating group) is 1. The van der Waals surface area contributed by atoms with E-state index >= 15 is 0 Å². The van der Waals surface area contributed by atoms with Gasteiger partial charge in [0.1, 0.15) is 5.69 Å². The van der Waals surface area contributed by atoms with Crippen molar-refractivity contribution in [1.82, 2.24) is 14.8 Å². The van der Waals surface area contributed by atoms with E-state index in [1.165, 1.54) is 12.3 Å². The Labute approximate surface area is 111 Å². The van der Waals surface area contributed by atoms with Crippen LogP contribution in [0.3, 0.4) is 0 Å². The van der Waals surface area contributed by atoms with Crippen LogP contribution in [0.1, 0.15) is 23.8 Å². The zero-order valence-electron chi connectivity index (χ0n) is 11.1. The smallest absolute Gasteiger partial charge is 0.287 e. The quantitative estimate of drug-likeness (QED) is 0.647. The van der Waals surface area contributed by atoms with Crippen molar-refractivity contribution >= 4 is 11.6 Å². The van der Waals surface area contributed by atoms with Crippen LogP contribution in [-0.4, -0.2) is 46.5 Å². The standard InChI is InChI=1S/C12H18N4O3/c1-3-15-8-10(16(18)19)6-11(15)12(17)14(2)9-4-5-13-7-9/h6,8-9,13H,3-5,7H2,1-2H3. The highest BCUT2D eigenvalue weighted by Gasteiger charge is 2.27. The number of hydrogen-bond acceptors (Lipinski definition) is 4. The first-order valence-corrected chi connectivity index (χ1v) is 6.37. The number of aromatic nitrogens is 1. The van der Waals surface area contributed by atoms with Crippen LogP contribution < -0.4 is 5.32 Å². The van der Waals surface area contributed by atoms with Crippen LogP contribution in [0.4, 0.5) is 5.69 Å². The molecule has 1 saturated heterocycles. The molecular weight excluding hydrogens is 248 g/mol. The number of aryl methyl sites for hydroxylation is 1. The lowest BCUT2D eigenvalue weighted by atomic mass is 10.2. The Hall–Kier alpha value is -1.89. The molecule has 0 radical (unpaired) electrons. The van der Waals surface area contributed by atoms with Crippen LogP contribution in [0.2, 0.25) is 0 Å². The molecule has 1 N–H and O–H groups in total. The zero-order valence-corrected chi connectivity index (χ0v) is 11.1. The molecule has 104 valence electrons. The average molecular weight is 266 g/mol. The number of nitrogens with one attached hydrogen (secondary N) is 1. The SMILES string of the molecule is CCn1cc([N+](=O)[O-])cc1C(=O)N(C)C1CCNC1. The third-order valence-corrected chi connectivity index (χ3v) is 3.56. The summed E-state index contributed by atoms with van der Waals surface area (Å²) in [4.78, 5) is 24.4. The summed E-state index contributed by atoms with van der Waals surface area (Å²) in [6, 6.07) is 1.51. The Bertz CT molecular complexity index is 491. The number of hydrogen-bond donors (Lipinski definition) is 1. The molecular formula is C12H18N4O3. The second kappa shape index (κ2) is 5.40. The van der Waals surface area contributed by atoms with Gasteiger partial charge in [0.25, 0.3) is 11.6 Å². The molecule has 0 aromatic carbocycles. The van der Waals surface area contributed by atoms with Crippen molar-refractivity contribution in [1.29, 1.82) is 0 Å². The predicted octanol–water partition coefficient (Wildman–Crippen LogP) is 0.850. The van der Waals surface area contributed by atoms with Gasteiger partial charge in [-0.25, -0.2) is 0 Å². The summed E-state index contributed by atoms with van der Waals surface area (Å²) >= 11 is 0. The Morgan fingerprint density at radius 2 is 2.42 bits per heavy atom. The summed E-state index contributed by atoms with van der Waals surface area (Å²) in [5.74, 6) is -0.163. The Morgan fingerprint density at radius 1 is 1.68 bits per heavy atom. The number of amides is 1. The molecule has 1 fully saturated rings. The van der Waals surface area contributed by atoms with Gasteiger partial charge in [-0.15, -0.1) is 0 Å². The highest BCUT2D eigenvalue weighted by Crippen LogP contribution is 2.19. The lowest BCUT2D eigenvalue weighted by Gasteiger charge is -2.24. The van der Waals surface area contributed by atoms with Crippen LogP contribution in [0.15, 0.2) is 12.3 Å². The molecule has 19 heavy (non-hydrogen) atoms. The van der Waals surface area contributed by atoms with Crippen molar-refractivity contribution in [3.63, 3.8) is 0 Å². The van der Waals surface area contributed by atoms with Crippen LogP contribution in [0.5, 0.6) is 0 Å². The highest BCUT2D eigenvalue weighted by molar-refractivity contribution is 5.93. The average Bonchev–Trinajstić information content (AvgIpc) is 3.05. The van der Waals surface area contributed by atoms with Crippen LogP contribution in [-0.2, 0) is 6.54 Å². The molecule has 2 heterocycles. The second-order valence-electron chi connectivity index (χ2n) is 4.69. The molecule has 1 unspecified atom stereocenters. The van der Waals surface area contributed by atoms with Gasteiger partial charge in [-0.2, -0.15) is 0 Å². The summed E-state index contributed by atoms with van der Waals surface area (Å²) < 4.78 is 1.62. The van der Waals surface area contributed by atoms with E-state index in [1.54, 1.807) is 16.5 Å². The number of nitro groups is 1. The fraction of sp³-hybridized carbons (Fsp3) is 0.583. The molecule has 0 bridgehead atoms. The largest absolute Gasteiger partial charge is 0.337 e. The number of nitrogens with zero attached hydrogens (tertiary/aromatic N) is 3. The first-order chi connectivity index (χ1) is 9.04. The van der Waals surface area contributed by atoms with E-state index in [1.807, 2.05) is 6.92 Å². The zero-order chi connectivity index (χ0) is 14.0. The van der Waals surface area contributed by atoms with Crippen LogP contribution in [0, 0.1) is 10.1 Å². The minimum absolute atomic E-state index is 0.0388. The van der Waals surface area contributed by atoms with Crippen molar-refractivity contribution in [2.24, 2.45) is 0 Å². The molecule has 1 atom stereocenters. The third kappa shape index (κ3) is 2.60. The maximum atomic E-state index is 12.4. The van der Waals surface area contributed by atoms with Crippen molar-refractivity contribution in [2.75, 3.05) is 20.1 Å². The Kier molecular flexibility index (Phi) is 3.84. The van der Waals surface area contributed by atoms with E-state index in [9.17, 15) is 14.9 Å². The van der Waals surface area contributed by atoms with Crippen LogP contribution in [0.25, 0.3) is 0 Å². The molecule has 1 amide bonds. The maximum Gasteiger partial charge on any atom is 0.287 e. The van der Waals surface area contributed by atoms with Crippen LogP contribution >= 0.6 is 0 Å². The van der Waals surface area contributed by atoms with Gasteiger partial charge in [0, 0.05) is 32.2 Å². The van der Waals surface area contributed by atoms with E-state index in [0.717, 1.165) is 19.5 Å². The first-order valence-electron chi connectivity index (χ1n) is 6.37. The van der Waals surface area contributed by atoms with Gasteiger partial charge in [0.2, 0.25) is 0 Å². The van der Waals surface area contributed by atoms with E-state index in [0.29, 0.717) is 12.2 Å². The monoisotopic (exact) mass is 266 g/mol. The molecule has 1 aliphatic heterocycles. The molecule has 0 aliphatic carbocycles. The Morgan fingerprint density at radius 3 is 2.95 bits per heavy atom. The van der Waals surface area contributed by atoms with E-state index in [2.05, 4.69) is 5.32 Å². The second-order valence-corrected chi connectivity index (χ2v) is 4.69. The molecule has 1 aliphatic rings. The minimum Gasteiger partial charge on any atom is -0.337 e. The summed E-state index contributed by atoms with van der Waals surface area (Å²) in [5, 5.41) is 14.0. The normalized spacial score (nSPS) is 18.5. The van der Waals surface area contributed by atoms with Gasteiger partial charge in [-0.05, 0) is 19.9 Å². The van der Waals surface area contributed by atoms with Gasteiger partial charge in [0.05, 0.1) is 11.1 Å². The van der Waals surface area contributed by atoms with Crippen molar-refractivity contribution in [3.8, 4) is 0 Å². The van der Waals surface area contributed by atoms with E-state index in [-0.39, 0.29) is 17.6 Å². The summed E-state index contributed by atoms with van der Waals surface area (Å²) in [6.07, 6.45) is 2.32. The molecule has 1 aromatic rings. The van der Waals surface area contributed by atoms with Crippen molar-refractivity contribution < 1.29 is 9.72 Å². The first kappa shape index (κ1) is 13.5. The predicted molar refractivity (Wildman–Crippen MR) is 70.1 cm³/mol. The summed E-state index contributed by atoms with van der Waals surface area (Å²) in [7, 11) is 1.75. The van der Waals surface area contributed by atoms with Gasteiger partial charge in [-0.3, -0.25) is 14.9 Å². The fourth-order valence-electron chi connectivity index (χ4n) is 2.35. The molecule has 0 spiro atoms. The lowest BCUT2D eigenvalue weighted by molar-refractivity contribution is -0.384. The van der Waals surface area contributed by atoms with E-state index < -0.39 is 4.92 Å². The number of carbonyl (C=O) groups excluding carboxylic acids is 1. The lowest BCUT2D eigenvalue weighted by Crippen LogP contribution is -2.39. The highest BCUT2D eigenvalue weighted by atomic mass is 16.6. The van der Waals surface area contributed by atoms with Crippen molar-refractivity contribution in [2.45, 2.75) is 25.9 Å². The topological polar surface area (TPSA) is 80.4 Å². The number of carbonyl (C=O) groups is 1. The molecule has 7 heteroatoms. The summed E-state index contributed by atoms with van der Waals surface area (Å²) in [6.45, 7) is 4.07. The maximum absolute atomic E-state index is 12.4. The molecule has 0 saturated carbocycles. The molecule has 1 aromatic heterocycles. The fourth-order valence-corrected chi connectivity index (χ4v) is 2.35.